The Hall–Kier alpha value is -0.550. The fourth-order valence-corrected chi connectivity index (χ4v) is 6.40. The van der Waals surface area contributed by atoms with E-state index in [0.717, 1.165) is 37.3 Å². The standard InChI is InChI=1S/C18H28N2O2S/c1-10(2)17(3)15(21)20-16(23-17)19-14-11-5-4-6-18(22)9-12(14)8-13(18)7-11/h10-14,22H,4-9H2,1-3H3,(H,19,20,21)/t11?,12?,13?,14-,17?,18+/m0/s1. The number of amidine groups is 1. The van der Waals surface area contributed by atoms with Crippen LogP contribution >= 0.6 is 11.8 Å². The van der Waals surface area contributed by atoms with Crippen molar-refractivity contribution in [3.63, 3.8) is 0 Å². The zero-order valence-corrected chi connectivity index (χ0v) is 15.2. The molecule has 4 unspecified atom stereocenters. The number of carbonyl (C=O) groups excluding carboxylic acids is 1. The molecule has 6 atom stereocenters. The van der Waals surface area contributed by atoms with Gasteiger partial charge in [-0.1, -0.05) is 32.0 Å². The maximum atomic E-state index is 12.4. The average Bonchev–Trinajstić information content (AvgIpc) is 2.86. The number of nitrogens with one attached hydrogen (secondary N) is 1. The fourth-order valence-electron chi connectivity index (χ4n) is 5.30. The molecule has 0 aromatic heterocycles. The molecule has 2 N–H and O–H groups in total. The first-order valence-corrected chi connectivity index (χ1v) is 9.94. The van der Waals surface area contributed by atoms with Crippen molar-refractivity contribution < 1.29 is 9.90 Å². The Bertz CT molecular complexity index is 561. The van der Waals surface area contributed by atoms with Gasteiger partial charge in [-0.2, -0.15) is 0 Å². The predicted molar refractivity (Wildman–Crippen MR) is 93.3 cm³/mol. The number of amides is 1. The first-order valence-electron chi connectivity index (χ1n) is 9.12. The van der Waals surface area contributed by atoms with Gasteiger partial charge >= 0.3 is 0 Å². The van der Waals surface area contributed by atoms with Crippen LogP contribution in [0, 0.1) is 23.7 Å². The van der Waals surface area contributed by atoms with E-state index in [2.05, 4.69) is 19.2 Å². The number of thioether (sulfide) groups is 1. The summed E-state index contributed by atoms with van der Waals surface area (Å²) in [5.74, 6) is 1.95. The number of rotatable bonds is 2. The molecule has 4 fully saturated rings. The zero-order chi connectivity index (χ0) is 16.4. The molecule has 1 amide bonds. The average molecular weight is 337 g/mol. The molecule has 3 bridgehead atoms. The molecule has 4 aliphatic rings. The van der Waals surface area contributed by atoms with E-state index in [1.807, 2.05) is 6.92 Å². The van der Waals surface area contributed by atoms with Crippen LogP contribution in [0.5, 0.6) is 0 Å². The van der Waals surface area contributed by atoms with Gasteiger partial charge in [0.2, 0.25) is 5.91 Å². The fraction of sp³-hybridized carbons (Fsp3) is 0.889. The van der Waals surface area contributed by atoms with Crippen molar-refractivity contribution in [2.75, 3.05) is 0 Å². The third-order valence-electron chi connectivity index (χ3n) is 7.05. The number of fused-ring (bicyclic) bond motifs is 2. The monoisotopic (exact) mass is 336 g/mol. The molecule has 23 heavy (non-hydrogen) atoms. The van der Waals surface area contributed by atoms with Crippen LogP contribution in [0.25, 0.3) is 0 Å². The molecule has 1 aliphatic heterocycles. The van der Waals surface area contributed by atoms with E-state index in [0.29, 0.717) is 17.8 Å². The maximum absolute atomic E-state index is 12.4. The van der Waals surface area contributed by atoms with Crippen LogP contribution in [-0.2, 0) is 4.79 Å². The van der Waals surface area contributed by atoms with Gasteiger partial charge in [-0.05, 0) is 62.7 Å². The molecule has 1 heterocycles. The summed E-state index contributed by atoms with van der Waals surface area (Å²) in [6.07, 6.45) is 6.43. The molecular formula is C18H28N2O2S. The molecule has 0 aromatic carbocycles. The van der Waals surface area contributed by atoms with Gasteiger partial charge in [-0.3, -0.25) is 9.79 Å². The van der Waals surface area contributed by atoms with E-state index in [1.165, 1.54) is 6.42 Å². The SMILES string of the molecule is CC(C)C1(C)SC(=N[C@H]2C3CCC[C@@]4(O)CC2CC4C3)NC1=O. The lowest BCUT2D eigenvalue weighted by Gasteiger charge is -2.33. The normalized spacial score (nSPS) is 50.7. The van der Waals surface area contributed by atoms with Gasteiger partial charge in [-0.25, -0.2) is 0 Å². The van der Waals surface area contributed by atoms with Crippen LogP contribution in [0.2, 0.25) is 0 Å². The lowest BCUT2D eigenvalue weighted by Crippen LogP contribution is -2.38. The van der Waals surface area contributed by atoms with Gasteiger partial charge in [0.25, 0.3) is 0 Å². The van der Waals surface area contributed by atoms with Crippen molar-refractivity contribution >= 4 is 22.8 Å². The van der Waals surface area contributed by atoms with Crippen molar-refractivity contribution in [3.8, 4) is 0 Å². The second kappa shape index (κ2) is 5.22. The molecule has 4 rings (SSSR count). The predicted octanol–water partition coefficient (Wildman–Crippen LogP) is 2.95. The molecule has 3 aliphatic carbocycles. The largest absolute Gasteiger partial charge is 0.390 e. The van der Waals surface area contributed by atoms with E-state index in [-0.39, 0.29) is 17.9 Å². The third kappa shape index (κ3) is 2.38. The van der Waals surface area contributed by atoms with Gasteiger partial charge in [0.05, 0.1) is 11.6 Å². The highest BCUT2D eigenvalue weighted by Gasteiger charge is 2.55. The molecule has 128 valence electrons. The summed E-state index contributed by atoms with van der Waals surface area (Å²) in [6, 6.07) is 0.290. The van der Waals surface area contributed by atoms with Gasteiger partial charge in [-0.15, -0.1) is 0 Å². The molecule has 1 saturated heterocycles. The smallest absolute Gasteiger partial charge is 0.242 e. The topological polar surface area (TPSA) is 61.7 Å². The second-order valence-electron chi connectivity index (χ2n) is 8.63. The number of hydrogen-bond acceptors (Lipinski definition) is 4. The lowest BCUT2D eigenvalue weighted by molar-refractivity contribution is -0.122. The highest BCUT2D eigenvalue weighted by atomic mass is 32.2. The Morgan fingerprint density at radius 2 is 2.09 bits per heavy atom. The van der Waals surface area contributed by atoms with Crippen LogP contribution in [-0.4, -0.2) is 32.6 Å². The zero-order valence-electron chi connectivity index (χ0n) is 14.3. The molecule has 4 nitrogen and oxygen atoms in total. The second-order valence-corrected chi connectivity index (χ2v) is 10.1. The Balaban J connectivity index is 1.59. The molecular weight excluding hydrogens is 308 g/mol. The van der Waals surface area contributed by atoms with Crippen molar-refractivity contribution in [2.24, 2.45) is 28.7 Å². The van der Waals surface area contributed by atoms with Crippen LogP contribution in [0.4, 0.5) is 0 Å². The Kier molecular flexibility index (Phi) is 3.62. The molecule has 0 radical (unpaired) electrons. The van der Waals surface area contributed by atoms with E-state index >= 15 is 0 Å². The van der Waals surface area contributed by atoms with Gasteiger partial charge in [0.1, 0.15) is 4.75 Å². The van der Waals surface area contributed by atoms with Crippen LogP contribution in [0.15, 0.2) is 4.99 Å². The summed E-state index contributed by atoms with van der Waals surface area (Å²) in [5, 5.41) is 14.8. The minimum atomic E-state index is -0.424. The third-order valence-corrected chi connectivity index (χ3v) is 8.53. The van der Waals surface area contributed by atoms with Gasteiger partial charge in [0.15, 0.2) is 5.17 Å². The van der Waals surface area contributed by atoms with Crippen molar-refractivity contribution in [1.29, 1.82) is 0 Å². The quantitative estimate of drug-likeness (QED) is 0.815. The van der Waals surface area contributed by atoms with E-state index in [9.17, 15) is 9.90 Å². The van der Waals surface area contributed by atoms with E-state index in [1.54, 1.807) is 11.8 Å². The summed E-state index contributed by atoms with van der Waals surface area (Å²) < 4.78 is -0.404. The highest BCUT2D eigenvalue weighted by molar-refractivity contribution is 8.16. The van der Waals surface area contributed by atoms with Crippen molar-refractivity contribution in [3.05, 3.63) is 0 Å². The molecule has 5 heteroatoms. The summed E-state index contributed by atoms with van der Waals surface area (Å²) >= 11 is 1.61. The number of aliphatic hydroxyl groups is 1. The van der Waals surface area contributed by atoms with Crippen LogP contribution in [0.1, 0.15) is 59.3 Å². The number of aliphatic imine (C=N–C) groups is 1. The van der Waals surface area contributed by atoms with Crippen molar-refractivity contribution in [2.45, 2.75) is 75.7 Å². The minimum absolute atomic E-state index is 0.0940. The first kappa shape index (κ1) is 15.9. The van der Waals surface area contributed by atoms with E-state index in [4.69, 9.17) is 4.99 Å². The van der Waals surface area contributed by atoms with Gasteiger partial charge < -0.3 is 10.4 Å². The summed E-state index contributed by atoms with van der Waals surface area (Å²) in [7, 11) is 0. The summed E-state index contributed by atoms with van der Waals surface area (Å²) in [4.78, 5) is 17.4. The summed E-state index contributed by atoms with van der Waals surface area (Å²) in [6.45, 7) is 6.21. The molecule has 0 spiro atoms. The molecule has 3 saturated carbocycles. The number of hydrogen-bond donors (Lipinski definition) is 2. The maximum Gasteiger partial charge on any atom is 0.242 e. The Morgan fingerprint density at radius 3 is 2.78 bits per heavy atom. The Labute approximate surface area is 142 Å². The first-order chi connectivity index (χ1) is 10.8. The number of nitrogens with zero attached hydrogens (tertiary/aromatic N) is 1. The van der Waals surface area contributed by atoms with Crippen molar-refractivity contribution in [1.82, 2.24) is 5.32 Å². The molecule has 0 aromatic rings. The van der Waals surface area contributed by atoms with Crippen LogP contribution < -0.4 is 5.32 Å². The minimum Gasteiger partial charge on any atom is -0.390 e. The summed E-state index contributed by atoms with van der Waals surface area (Å²) in [5.41, 5.74) is -0.424. The number of carbonyl (C=O) groups is 1. The Morgan fingerprint density at radius 1 is 1.35 bits per heavy atom. The van der Waals surface area contributed by atoms with Crippen LogP contribution in [0.3, 0.4) is 0 Å². The lowest BCUT2D eigenvalue weighted by atomic mass is 9.76. The van der Waals surface area contributed by atoms with Gasteiger partial charge in [0, 0.05) is 0 Å². The highest BCUT2D eigenvalue weighted by Crippen LogP contribution is 2.56. The van der Waals surface area contributed by atoms with E-state index < -0.39 is 10.3 Å².